The van der Waals surface area contributed by atoms with Crippen molar-refractivity contribution in [1.82, 2.24) is 20.5 Å². The van der Waals surface area contributed by atoms with Crippen molar-refractivity contribution in [3.8, 4) is 0 Å². The van der Waals surface area contributed by atoms with E-state index in [1.54, 1.807) is 18.2 Å². The number of aromatic nitrogens is 3. The first-order chi connectivity index (χ1) is 12.1. The SMILES string of the molecule is CCc1ccc([C@@H](C)NC(=O)COn2nnc3ccc(Cl)cc32)cc1. The van der Waals surface area contributed by atoms with E-state index in [1.807, 2.05) is 19.1 Å². The number of benzene rings is 2. The molecule has 1 aromatic heterocycles. The van der Waals surface area contributed by atoms with Gasteiger partial charge in [-0.25, -0.2) is 0 Å². The molecule has 7 heteroatoms. The number of amides is 1. The molecular formula is C18H19ClN4O2. The van der Waals surface area contributed by atoms with Crippen LogP contribution in [0.3, 0.4) is 0 Å². The van der Waals surface area contributed by atoms with Gasteiger partial charge in [0.25, 0.3) is 5.91 Å². The molecule has 3 aromatic rings. The van der Waals surface area contributed by atoms with Gasteiger partial charge in [0, 0.05) is 5.02 Å². The number of nitrogens with one attached hydrogen (secondary N) is 1. The molecule has 0 saturated carbocycles. The summed E-state index contributed by atoms with van der Waals surface area (Å²) in [5.74, 6) is -0.238. The van der Waals surface area contributed by atoms with E-state index in [1.165, 1.54) is 10.4 Å². The molecule has 0 aliphatic rings. The fraction of sp³-hybridized carbons (Fsp3) is 0.278. The fourth-order valence-corrected chi connectivity index (χ4v) is 2.66. The minimum atomic E-state index is -0.238. The molecule has 1 amide bonds. The quantitative estimate of drug-likeness (QED) is 0.735. The van der Waals surface area contributed by atoms with Crippen LogP contribution in [-0.4, -0.2) is 27.7 Å². The average Bonchev–Trinajstić information content (AvgIpc) is 3.02. The van der Waals surface area contributed by atoms with Crippen LogP contribution in [0.15, 0.2) is 42.5 Å². The number of hydrogen-bond donors (Lipinski definition) is 1. The van der Waals surface area contributed by atoms with Gasteiger partial charge in [-0.15, -0.1) is 5.10 Å². The molecule has 6 nitrogen and oxygen atoms in total. The summed E-state index contributed by atoms with van der Waals surface area (Å²) in [6.45, 7) is 3.88. The number of carbonyl (C=O) groups excluding carboxylic acids is 1. The van der Waals surface area contributed by atoms with Crippen molar-refractivity contribution in [3.63, 3.8) is 0 Å². The molecule has 0 aliphatic carbocycles. The molecule has 1 N–H and O–H groups in total. The molecule has 1 heterocycles. The van der Waals surface area contributed by atoms with Crippen LogP contribution in [0.25, 0.3) is 11.0 Å². The Kier molecular flexibility index (Phi) is 5.19. The number of fused-ring (bicyclic) bond motifs is 1. The van der Waals surface area contributed by atoms with Gasteiger partial charge in [0.1, 0.15) is 11.0 Å². The van der Waals surface area contributed by atoms with Crippen molar-refractivity contribution in [2.45, 2.75) is 26.3 Å². The van der Waals surface area contributed by atoms with Crippen LogP contribution in [-0.2, 0) is 11.2 Å². The van der Waals surface area contributed by atoms with Gasteiger partial charge < -0.3 is 10.2 Å². The number of nitrogens with zero attached hydrogens (tertiary/aromatic N) is 3. The average molecular weight is 359 g/mol. The lowest BCUT2D eigenvalue weighted by molar-refractivity contribution is -0.127. The largest absolute Gasteiger partial charge is 0.385 e. The normalized spacial score (nSPS) is 12.1. The Morgan fingerprint density at radius 1 is 1.28 bits per heavy atom. The summed E-state index contributed by atoms with van der Waals surface area (Å²) in [7, 11) is 0. The number of hydrogen-bond acceptors (Lipinski definition) is 4. The maximum Gasteiger partial charge on any atom is 0.261 e. The second-order valence-electron chi connectivity index (χ2n) is 5.75. The zero-order valence-corrected chi connectivity index (χ0v) is 14.8. The maximum absolute atomic E-state index is 12.1. The number of halogens is 1. The van der Waals surface area contributed by atoms with E-state index >= 15 is 0 Å². The highest BCUT2D eigenvalue weighted by Gasteiger charge is 2.12. The van der Waals surface area contributed by atoms with Gasteiger partial charge in [-0.1, -0.05) is 47.6 Å². The van der Waals surface area contributed by atoms with Gasteiger partial charge in [-0.3, -0.25) is 4.79 Å². The molecule has 130 valence electrons. The Labute approximate surface area is 150 Å². The second kappa shape index (κ2) is 7.53. The first kappa shape index (κ1) is 17.2. The van der Waals surface area contributed by atoms with Gasteiger partial charge in [0.15, 0.2) is 6.61 Å². The highest BCUT2D eigenvalue weighted by molar-refractivity contribution is 6.31. The first-order valence-corrected chi connectivity index (χ1v) is 8.47. The molecule has 0 bridgehead atoms. The standard InChI is InChI=1S/C18H19ClN4O2/c1-3-13-4-6-14(7-5-13)12(2)20-18(24)11-25-23-17-10-15(19)8-9-16(17)21-22-23/h4-10,12H,3,11H2,1-2H3,(H,20,24)/t12-/m1/s1. The molecule has 2 aromatic carbocycles. The van der Waals surface area contributed by atoms with Crippen LogP contribution >= 0.6 is 11.6 Å². The summed E-state index contributed by atoms with van der Waals surface area (Å²) in [5, 5.41) is 11.3. The zero-order chi connectivity index (χ0) is 17.8. The van der Waals surface area contributed by atoms with E-state index < -0.39 is 0 Å². The molecule has 0 fully saturated rings. The Balaban J connectivity index is 1.59. The topological polar surface area (TPSA) is 69.0 Å². The third-order valence-corrected chi connectivity index (χ3v) is 4.20. The molecule has 3 rings (SSSR count). The molecule has 25 heavy (non-hydrogen) atoms. The molecule has 0 unspecified atom stereocenters. The first-order valence-electron chi connectivity index (χ1n) is 8.09. The van der Waals surface area contributed by atoms with E-state index in [4.69, 9.17) is 16.4 Å². The summed E-state index contributed by atoms with van der Waals surface area (Å²) in [6.07, 6.45) is 0.991. The van der Waals surface area contributed by atoms with Crippen LogP contribution in [0.2, 0.25) is 5.02 Å². The minimum absolute atomic E-state index is 0.107. The van der Waals surface area contributed by atoms with E-state index in [-0.39, 0.29) is 18.6 Å². The molecular weight excluding hydrogens is 340 g/mol. The van der Waals surface area contributed by atoms with Gasteiger partial charge in [0.05, 0.1) is 6.04 Å². The predicted octanol–water partition coefficient (Wildman–Crippen LogP) is 2.95. The maximum atomic E-state index is 12.1. The van der Waals surface area contributed by atoms with Crippen LogP contribution in [0.1, 0.15) is 31.0 Å². The number of aryl methyl sites for hydroxylation is 1. The fourth-order valence-electron chi connectivity index (χ4n) is 2.49. The van der Waals surface area contributed by atoms with Crippen molar-refractivity contribution in [2.75, 3.05) is 6.61 Å². The van der Waals surface area contributed by atoms with Crippen LogP contribution < -0.4 is 10.2 Å². The second-order valence-corrected chi connectivity index (χ2v) is 6.19. The lowest BCUT2D eigenvalue weighted by atomic mass is 10.1. The van der Waals surface area contributed by atoms with Crippen molar-refractivity contribution in [2.24, 2.45) is 0 Å². The van der Waals surface area contributed by atoms with Crippen molar-refractivity contribution in [1.29, 1.82) is 0 Å². The van der Waals surface area contributed by atoms with Gasteiger partial charge in [-0.05, 0) is 47.9 Å². The Morgan fingerprint density at radius 3 is 2.76 bits per heavy atom. The Hall–Kier alpha value is -2.60. The Morgan fingerprint density at radius 2 is 2.04 bits per heavy atom. The molecule has 1 atom stereocenters. The minimum Gasteiger partial charge on any atom is -0.385 e. The summed E-state index contributed by atoms with van der Waals surface area (Å²) in [4.78, 5) is 18.8. The number of carbonyl (C=O) groups is 1. The van der Waals surface area contributed by atoms with Gasteiger partial charge in [-0.2, -0.15) is 0 Å². The third-order valence-electron chi connectivity index (χ3n) is 3.96. The highest BCUT2D eigenvalue weighted by atomic mass is 35.5. The summed E-state index contributed by atoms with van der Waals surface area (Å²) in [5.41, 5.74) is 3.57. The van der Waals surface area contributed by atoms with Crippen LogP contribution in [0, 0.1) is 0 Å². The lowest BCUT2D eigenvalue weighted by Gasteiger charge is -2.15. The van der Waals surface area contributed by atoms with E-state index in [0.717, 1.165) is 12.0 Å². The molecule has 0 aliphatic heterocycles. The van der Waals surface area contributed by atoms with Crippen molar-refractivity contribution in [3.05, 3.63) is 58.6 Å². The van der Waals surface area contributed by atoms with Gasteiger partial charge >= 0.3 is 0 Å². The monoisotopic (exact) mass is 358 g/mol. The van der Waals surface area contributed by atoms with E-state index in [0.29, 0.717) is 16.1 Å². The number of rotatable bonds is 6. The molecule has 0 radical (unpaired) electrons. The lowest BCUT2D eigenvalue weighted by Crippen LogP contribution is -2.33. The smallest absolute Gasteiger partial charge is 0.261 e. The van der Waals surface area contributed by atoms with Crippen molar-refractivity contribution < 1.29 is 9.63 Å². The van der Waals surface area contributed by atoms with Gasteiger partial charge in [0.2, 0.25) is 0 Å². The molecule has 0 saturated heterocycles. The van der Waals surface area contributed by atoms with Crippen molar-refractivity contribution >= 4 is 28.5 Å². The van der Waals surface area contributed by atoms with E-state index in [2.05, 4.69) is 34.7 Å². The highest BCUT2D eigenvalue weighted by Crippen LogP contribution is 2.16. The van der Waals surface area contributed by atoms with E-state index in [9.17, 15) is 4.79 Å². The predicted molar refractivity (Wildman–Crippen MR) is 96.4 cm³/mol. The summed E-state index contributed by atoms with van der Waals surface area (Å²) < 4.78 is 0. The summed E-state index contributed by atoms with van der Waals surface area (Å²) in [6, 6.07) is 13.2. The summed E-state index contributed by atoms with van der Waals surface area (Å²) >= 11 is 5.96. The van der Waals surface area contributed by atoms with Crippen LogP contribution in [0.5, 0.6) is 0 Å². The third kappa shape index (κ3) is 4.09. The van der Waals surface area contributed by atoms with Crippen LogP contribution in [0.4, 0.5) is 0 Å². The molecule has 0 spiro atoms. The zero-order valence-electron chi connectivity index (χ0n) is 14.1. The Bertz CT molecular complexity index is 876.